The third-order valence-corrected chi connectivity index (χ3v) is 3.86. The molecule has 9 nitrogen and oxygen atoms in total. The number of carbonyl (C=O) groups excluding carboxylic acids is 1. The number of nitrogen functional groups attached to an aromatic ring is 1. The number of nitrogens with one attached hydrogen (secondary N) is 1. The number of rotatable bonds is 8. The SMILES string of the molecule is Nc1ccc(C(O)C(O)CCNC(=O)OCc2ccccc2)c([N+](=O)[O-])c1. The van der Waals surface area contributed by atoms with Crippen molar-refractivity contribution in [3.05, 3.63) is 69.8 Å². The van der Waals surface area contributed by atoms with Crippen molar-refractivity contribution in [2.24, 2.45) is 0 Å². The smallest absolute Gasteiger partial charge is 0.407 e. The first-order valence-electron chi connectivity index (χ1n) is 8.23. The normalized spacial score (nSPS) is 12.8. The van der Waals surface area contributed by atoms with Crippen LogP contribution in [0.2, 0.25) is 0 Å². The number of nitrogens with zero attached hydrogens (tertiary/aromatic N) is 1. The second kappa shape index (κ2) is 9.51. The minimum absolute atomic E-state index is 0.0224. The number of alkyl carbamates (subject to hydrolysis) is 1. The van der Waals surface area contributed by atoms with Gasteiger partial charge in [-0.15, -0.1) is 0 Å². The minimum atomic E-state index is -1.49. The van der Waals surface area contributed by atoms with Crippen molar-refractivity contribution in [1.82, 2.24) is 5.32 Å². The highest BCUT2D eigenvalue weighted by Gasteiger charge is 2.26. The lowest BCUT2D eigenvalue weighted by Crippen LogP contribution is -2.30. The van der Waals surface area contributed by atoms with E-state index in [0.717, 1.165) is 11.6 Å². The monoisotopic (exact) mass is 375 g/mol. The van der Waals surface area contributed by atoms with Gasteiger partial charge in [-0.2, -0.15) is 0 Å². The largest absolute Gasteiger partial charge is 0.445 e. The zero-order chi connectivity index (χ0) is 19.8. The fourth-order valence-corrected chi connectivity index (χ4v) is 2.43. The molecule has 2 aromatic rings. The molecule has 0 bridgehead atoms. The molecule has 2 rings (SSSR count). The maximum absolute atomic E-state index is 11.6. The van der Waals surface area contributed by atoms with Crippen LogP contribution in [0.4, 0.5) is 16.2 Å². The van der Waals surface area contributed by atoms with Crippen molar-refractivity contribution in [2.75, 3.05) is 12.3 Å². The Bertz CT molecular complexity index is 784. The van der Waals surface area contributed by atoms with Gasteiger partial charge in [0.15, 0.2) is 0 Å². The fraction of sp³-hybridized carbons (Fsp3) is 0.278. The Morgan fingerprint density at radius 1 is 1.22 bits per heavy atom. The molecule has 0 spiro atoms. The molecule has 0 saturated carbocycles. The lowest BCUT2D eigenvalue weighted by atomic mass is 10.00. The Hall–Kier alpha value is -3.17. The third-order valence-electron chi connectivity index (χ3n) is 3.86. The molecule has 0 aliphatic rings. The summed E-state index contributed by atoms with van der Waals surface area (Å²) in [4.78, 5) is 22.0. The Labute approximate surface area is 155 Å². The van der Waals surface area contributed by atoms with Gasteiger partial charge in [-0.3, -0.25) is 10.1 Å². The predicted octanol–water partition coefficient (Wildman–Crippen LogP) is 1.89. The van der Waals surface area contributed by atoms with Crippen molar-refractivity contribution in [1.29, 1.82) is 0 Å². The first kappa shape index (κ1) is 20.1. The third kappa shape index (κ3) is 5.94. The van der Waals surface area contributed by atoms with Gasteiger partial charge in [-0.25, -0.2) is 4.79 Å². The number of amides is 1. The van der Waals surface area contributed by atoms with Crippen molar-refractivity contribution < 1.29 is 24.7 Å². The Morgan fingerprint density at radius 3 is 2.59 bits per heavy atom. The average Bonchev–Trinajstić information content (AvgIpc) is 2.66. The molecule has 0 saturated heterocycles. The standard InChI is InChI=1S/C18H21N3O6/c19-13-6-7-14(15(10-13)21(25)26)17(23)16(22)8-9-20-18(24)27-11-12-4-2-1-3-5-12/h1-7,10,16-17,22-23H,8-9,11,19H2,(H,20,24). The van der Waals surface area contributed by atoms with Gasteiger partial charge in [-0.1, -0.05) is 30.3 Å². The summed E-state index contributed by atoms with van der Waals surface area (Å²) in [5.41, 5.74) is 6.10. The number of nitrogens with two attached hydrogens (primary N) is 1. The molecule has 2 unspecified atom stereocenters. The minimum Gasteiger partial charge on any atom is -0.445 e. The Morgan fingerprint density at radius 2 is 1.93 bits per heavy atom. The molecule has 0 aliphatic heterocycles. The number of hydrogen-bond donors (Lipinski definition) is 4. The maximum atomic E-state index is 11.6. The van der Waals surface area contributed by atoms with E-state index in [4.69, 9.17) is 10.5 Å². The quantitative estimate of drug-likeness (QED) is 0.313. The summed E-state index contributed by atoms with van der Waals surface area (Å²) in [6, 6.07) is 12.9. The fourth-order valence-electron chi connectivity index (χ4n) is 2.43. The number of benzene rings is 2. The number of nitro benzene ring substituents is 1. The van der Waals surface area contributed by atoms with Crippen LogP contribution in [-0.2, 0) is 11.3 Å². The molecule has 9 heteroatoms. The van der Waals surface area contributed by atoms with Gasteiger partial charge in [0, 0.05) is 18.3 Å². The first-order chi connectivity index (χ1) is 12.9. The van der Waals surface area contributed by atoms with Crippen LogP contribution in [0.25, 0.3) is 0 Å². The van der Waals surface area contributed by atoms with E-state index < -0.39 is 23.2 Å². The van der Waals surface area contributed by atoms with Crippen LogP contribution in [-0.4, -0.2) is 33.9 Å². The summed E-state index contributed by atoms with van der Waals surface area (Å²) in [5, 5.41) is 33.8. The summed E-state index contributed by atoms with van der Waals surface area (Å²) in [5.74, 6) is 0. The number of aliphatic hydroxyl groups excluding tert-OH is 2. The summed E-state index contributed by atoms with van der Waals surface area (Å²) < 4.78 is 5.02. The highest BCUT2D eigenvalue weighted by atomic mass is 16.6. The van der Waals surface area contributed by atoms with Gasteiger partial charge in [0.25, 0.3) is 5.69 Å². The molecular weight excluding hydrogens is 354 g/mol. The van der Waals surface area contributed by atoms with Gasteiger partial charge in [0.1, 0.15) is 12.7 Å². The molecule has 2 atom stereocenters. The second-order valence-corrected chi connectivity index (χ2v) is 5.86. The average molecular weight is 375 g/mol. The van der Waals surface area contributed by atoms with Gasteiger partial charge < -0.3 is 26.0 Å². The number of nitro groups is 1. The molecule has 0 radical (unpaired) electrons. The Kier molecular flexibility index (Phi) is 7.09. The predicted molar refractivity (Wildman–Crippen MR) is 97.7 cm³/mol. The molecule has 0 heterocycles. The Balaban J connectivity index is 1.82. The zero-order valence-electron chi connectivity index (χ0n) is 14.4. The molecule has 1 amide bonds. The lowest BCUT2D eigenvalue weighted by molar-refractivity contribution is -0.386. The summed E-state index contributed by atoms with van der Waals surface area (Å²) in [6.45, 7) is 0.129. The molecule has 27 heavy (non-hydrogen) atoms. The van der Waals surface area contributed by atoms with Gasteiger partial charge >= 0.3 is 6.09 Å². The summed E-state index contributed by atoms with van der Waals surface area (Å²) in [7, 11) is 0. The number of aliphatic hydroxyl groups is 2. The molecule has 144 valence electrons. The van der Waals surface area contributed by atoms with Crippen molar-refractivity contribution >= 4 is 17.5 Å². The van der Waals surface area contributed by atoms with E-state index in [1.54, 1.807) is 0 Å². The van der Waals surface area contributed by atoms with Crippen molar-refractivity contribution in [3.63, 3.8) is 0 Å². The number of ether oxygens (including phenoxy) is 1. The lowest BCUT2D eigenvalue weighted by Gasteiger charge is -2.18. The first-order valence-corrected chi connectivity index (χ1v) is 8.23. The van der Waals surface area contributed by atoms with Gasteiger partial charge in [0.05, 0.1) is 16.6 Å². The molecular formula is C18H21N3O6. The molecule has 2 aromatic carbocycles. The number of hydrogen-bond acceptors (Lipinski definition) is 7. The topological polar surface area (TPSA) is 148 Å². The van der Waals surface area contributed by atoms with Crippen molar-refractivity contribution in [2.45, 2.75) is 25.2 Å². The zero-order valence-corrected chi connectivity index (χ0v) is 14.4. The van der Waals surface area contributed by atoms with Crippen LogP contribution in [0.5, 0.6) is 0 Å². The summed E-state index contributed by atoms with van der Waals surface area (Å²) >= 11 is 0. The van der Waals surface area contributed by atoms with E-state index in [2.05, 4.69) is 5.32 Å². The molecule has 0 aliphatic carbocycles. The van der Waals surface area contributed by atoms with Crippen LogP contribution in [0.15, 0.2) is 48.5 Å². The van der Waals surface area contributed by atoms with Crippen LogP contribution in [0.3, 0.4) is 0 Å². The van der Waals surface area contributed by atoms with E-state index in [0.29, 0.717) is 0 Å². The van der Waals surface area contributed by atoms with Gasteiger partial charge in [0.2, 0.25) is 0 Å². The number of anilines is 1. The summed E-state index contributed by atoms with van der Waals surface area (Å²) in [6.07, 6.45) is -3.50. The van der Waals surface area contributed by atoms with E-state index in [1.807, 2.05) is 30.3 Å². The van der Waals surface area contributed by atoms with E-state index >= 15 is 0 Å². The molecule has 5 N–H and O–H groups in total. The van der Waals surface area contributed by atoms with Crippen LogP contribution in [0, 0.1) is 10.1 Å². The highest BCUT2D eigenvalue weighted by Crippen LogP contribution is 2.29. The van der Waals surface area contributed by atoms with E-state index in [9.17, 15) is 25.1 Å². The molecule has 0 aromatic heterocycles. The van der Waals surface area contributed by atoms with Crippen LogP contribution >= 0.6 is 0 Å². The van der Waals surface area contributed by atoms with E-state index in [1.165, 1.54) is 12.1 Å². The maximum Gasteiger partial charge on any atom is 0.407 e. The highest BCUT2D eigenvalue weighted by molar-refractivity contribution is 5.67. The second-order valence-electron chi connectivity index (χ2n) is 5.86. The number of carbonyl (C=O) groups is 1. The van der Waals surface area contributed by atoms with Crippen molar-refractivity contribution in [3.8, 4) is 0 Å². The van der Waals surface area contributed by atoms with Gasteiger partial charge in [-0.05, 0) is 24.1 Å². The van der Waals surface area contributed by atoms with Crippen LogP contribution < -0.4 is 11.1 Å². The van der Waals surface area contributed by atoms with Crippen LogP contribution in [0.1, 0.15) is 23.7 Å². The van der Waals surface area contributed by atoms with E-state index in [-0.39, 0.29) is 36.5 Å². The molecule has 0 fully saturated rings.